The third-order valence-corrected chi connectivity index (χ3v) is 5.32. The van der Waals surface area contributed by atoms with Gasteiger partial charge in [-0.25, -0.2) is 0 Å². The van der Waals surface area contributed by atoms with Gasteiger partial charge in [0.2, 0.25) is 0 Å². The molecule has 1 aliphatic rings. The highest BCUT2D eigenvalue weighted by Gasteiger charge is 2.16. The van der Waals surface area contributed by atoms with Crippen molar-refractivity contribution in [1.82, 2.24) is 10.2 Å². The number of nitrogens with one attached hydrogen (secondary N) is 1. The highest BCUT2D eigenvalue weighted by atomic mass is 16.5. The molecule has 3 rings (SSSR count). The molecule has 1 aliphatic heterocycles. The number of rotatable bonds is 7. The lowest BCUT2D eigenvalue weighted by Gasteiger charge is -2.30. The van der Waals surface area contributed by atoms with E-state index in [1.807, 2.05) is 50.2 Å². The SMILES string of the molecule is Cc1ccccc1OC[C@H](C)NC(=O)c1ccc(CN2CCC[C@@H](C)C2)cc1. The summed E-state index contributed by atoms with van der Waals surface area (Å²) in [5, 5.41) is 3.02. The first-order valence-corrected chi connectivity index (χ1v) is 10.3. The van der Waals surface area contributed by atoms with Gasteiger partial charge in [-0.3, -0.25) is 9.69 Å². The van der Waals surface area contributed by atoms with Crippen LogP contribution in [0.5, 0.6) is 5.75 Å². The minimum Gasteiger partial charge on any atom is -0.491 e. The van der Waals surface area contributed by atoms with Gasteiger partial charge < -0.3 is 10.1 Å². The number of piperidine rings is 1. The molecule has 2 aromatic rings. The Bertz CT molecular complexity index is 772. The van der Waals surface area contributed by atoms with Crippen molar-refractivity contribution in [2.45, 2.75) is 46.2 Å². The van der Waals surface area contributed by atoms with Crippen LogP contribution in [0, 0.1) is 12.8 Å². The van der Waals surface area contributed by atoms with Crippen LogP contribution in [0.15, 0.2) is 48.5 Å². The molecule has 1 amide bonds. The van der Waals surface area contributed by atoms with E-state index in [1.165, 1.54) is 31.5 Å². The van der Waals surface area contributed by atoms with Crippen molar-refractivity contribution in [3.63, 3.8) is 0 Å². The summed E-state index contributed by atoms with van der Waals surface area (Å²) in [7, 11) is 0. The topological polar surface area (TPSA) is 41.6 Å². The molecule has 4 heteroatoms. The van der Waals surface area contributed by atoms with Crippen molar-refractivity contribution >= 4 is 5.91 Å². The summed E-state index contributed by atoms with van der Waals surface area (Å²) in [6.07, 6.45) is 2.62. The molecule has 0 aliphatic carbocycles. The van der Waals surface area contributed by atoms with Crippen LogP contribution in [0.4, 0.5) is 0 Å². The van der Waals surface area contributed by atoms with Gasteiger partial charge in [0.25, 0.3) is 5.91 Å². The summed E-state index contributed by atoms with van der Waals surface area (Å²) in [6.45, 7) is 10.1. The van der Waals surface area contributed by atoms with E-state index in [-0.39, 0.29) is 11.9 Å². The number of carbonyl (C=O) groups is 1. The van der Waals surface area contributed by atoms with Gasteiger partial charge in [0, 0.05) is 18.7 Å². The molecule has 0 radical (unpaired) electrons. The number of aryl methyl sites for hydroxylation is 1. The second-order valence-corrected chi connectivity index (χ2v) is 8.13. The van der Waals surface area contributed by atoms with Crippen LogP contribution in [0.1, 0.15) is 48.2 Å². The summed E-state index contributed by atoms with van der Waals surface area (Å²) in [5.41, 5.74) is 3.06. The molecular formula is C24H32N2O2. The van der Waals surface area contributed by atoms with Gasteiger partial charge in [0.05, 0.1) is 6.04 Å². The van der Waals surface area contributed by atoms with Crippen LogP contribution in [-0.4, -0.2) is 36.5 Å². The monoisotopic (exact) mass is 380 g/mol. The number of amides is 1. The second-order valence-electron chi connectivity index (χ2n) is 8.13. The first-order valence-electron chi connectivity index (χ1n) is 10.3. The molecule has 1 saturated heterocycles. The van der Waals surface area contributed by atoms with Gasteiger partial charge in [-0.2, -0.15) is 0 Å². The average molecular weight is 381 g/mol. The number of carbonyl (C=O) groups excluding carboxylic acids is 1. The van der Waals surface area contributed by atoms with Crippen LogP contribution in [0.3, 0.4) is 0 Å². The van der Waals surface area contributed by atoms with Gasteiger partial charge in [0.15, 0.2) is 0 Å². The van der Waals surface area contributed by atoms with E-state index in [0.29, 0.717) is 12.2 Å². The molecule has 0 bridgehead atoms. The number of hydrogen-bond acceptors (Lipinski definition) is 3. The summed E-state index contributed by atoms with van der Waals surface area (Å²) in [5.74, 6) is 1.58. The quantitative estimate of drug-likeness (QED) is 0.773. The van der Waals surface area contributed by atoms with E-state index < -0.39 is 0 Å². The largest absolute Gasteiger partial charge is 0.491 e. The van der Waals surface area contributed by atoms with E-state index in [9.17, 15) is 4.79 Å². The molecular weight excluding hydrogens is 348 g/mol. The van der Waals surface area contributed by atoms with E-state index >= 15 is 0 Å². The van der Waals surface area contributed by atoms with E-state index in [2.05, 4.69) is 29.3 Å². The first-order chi connectivity index (χ1) is 13.5. The van der Waals surface area contributed by atoms with Crippen LogP contribution in [-0.2, 0) is 6.54 Å². The molecule has 2 atom stereocenters. The minimum atomic E-state index is -0.0679. The molecule has 0 spiro atoms. The molecule has 150 valence electrons. The average Bonchev–Trinajstić information content (AvgIpc) is 2.68. The highest BCUT2D eigenvalue weighted by molar-refractivity contribution is 5.94. The maximum atomic E-state index is 12.5. The molecule has 0 saturated carbocycles. The van der Waals surface area contributed by atoms with Gasteiger partial charge in [-0.1, -0.05) is 37.3 Å². The smallest absolute Gasteiger partial charge is 0.251 e. The van der Waals surface area contributed by atoms with Gasteiger partial charge in [0.1, 0.15) is 12.4 Å². The molecule has 4 nitrogen and oxygen atoms in total. The maximum absolute atomic E-state index is 12.5. The minimum absolute atomic E-state index is 0.0565. The van der Waals surface area contributed by atoms with Crippen LogP contribution < -0.4 is 10.1 Å². The van der Waals surface area contributed by atoms with Crippen LogP contribution >= 0.6 is 0 Å². The fourth-order valence-electron chi connectivity index (χ4n) is 3.73. The Morgan fingerprint density at radius 2 is 1.96 bits per heavy atom. The number of benzene rings is 2. The lowest BCUT2D eigenvalue weighted by atomic mass is 9.99. The van der Waals surface area contributed by atoms with Gasteiger partial charge in [-0.05, 0) is 68.5 Å². The predicted molar refractivity (Wildman–Crippen MR) is 114 cm³/mol. The zero-order valence-electron chi connectivity index (χ0n) is 17.3. The molecule has 0 aromatic heterocycles. The normalized spacial score (nSPS) is 18.5. The van der Waals surface area contributed by atoms with Crippen molar-refractivity contribution < 1.29 is 9.53 Å². The third kappa shape index (κ3) is 5.83. The fourth-order valence-corrected chi connectivity index (χ4v) is 3.73. The van der Waals surface area contributed by atoms with Crippen LogP contribution in [0.2, 0.25) is 0 Å². The highest BCUT2D eigenvalue weighted by Crippen LogP contribution is 2.18. The molecule has 1 N–H and O–H groups in total. The van der Waals surface area contributed by atoms with E-state index in [0.717, 1.165) is 23.8 Å². The van der Waals surface area contributed by atoms with Crippen molar-refractivity contribution in [3.05, 3.63) is 65.2 Å². The van der Waals surface area contributed by atoms with E-state index in [1.54, 1.807) is 0 Å². The maximum Gasteiger partial charge on any atom is 0.251 e. The van der Waals surface area contributed by atoms with Crippen molar-refractivity contribution in [3.8, 4) is 5.75 Å². The Morgan fingerprint density at radius 1 is 1.21 bits per heavy atom. The summed E-state index contributed by atoms with van der Waals surface area (Å²) < 4.78 is 5.83. The fraction of sp³-hybridized carbons (Fsp3) is 0.458. The molecule has 1 fully saturated rings. The lowest BCUT2D eigenvalue weighted by molar-refractivity contribution is 0.0926. The number of nitrogens with zero attached hydrogens (tertiary/aromatic N) is 1. The Labute approximate surface area is 168 Å². The van der Waals surface area contributed by atoms with E-state index in [4.69, 9.17) is 4.74 Å². The van der Waals surface area contributed by atoms with Crippen molar-refractivity contribution in [1.29, 1.82) is 0 Å². The first kappa shape index (κ1) is 20.4. The molecule has 28 heavy (non-hydrogen) atoms. The van der Waals surface area contributed by atoms with Crippen LogP contribution in [0.25, 0.3) is 0 Å². The molecule has 2 aromatic carbocycles. The Morgan fingerprint density at radius 3 is 2.68 bits per heavy atom. The summed E-state index contributed by atoms with van der Waals surface area (Å²) in [4.78, 5) is 15.0. The number of ether oxygens (including phenoxy) is 1. The summed E-state index contributed by atoms with van der Waals surface area (Å²) in [6, 6.07) is 15.8. The Kier molecular flexibility index (Phi) is 7.10. The Hall–Kier alpha value is -2.33. The Balaban J connectivity index is 1.48. The molecule has 0 unspecified atom stereocenters. The summed E-state index contributed by atoms with van der Waals surface area (Å²) >= 11 is 0. The zero-order chi connectivity index (χ0) is 19.9. The lowest BCUT2D eigenvalue weighted by Crippen LogP contribution is -2.36. The number of likely N-dealkylation sites (tertiary alicyclic amines) is 1. The zero-order valence-corrected chi connectivity index (χ0v) is 17.3. The van der Waals surface area contributed by atoms with Crippen molar-refractivity contribution in [2.24, 2.45) is 5.92 Å². The molecule has 1 heterocycles. The predicted octanol–water partition coefficient (Wildman–Crippen LogP) is 4.42. The van der Waals surface area contributed by atoms with Crippen molar-refractivity contribution in [2.75, 3.05) is 19.7 Å². The second kappa shape index (κ2) is 9.74. The standard InChI is InChI=1S/C24H32N2O2/c1-18-7-6-14-26(15-18)16-21-10-12-22(13-11-21)24(27)25-20(3)17-28-23-9-5-4-8-19(23)2/h4-5,8-13,18,20H,6-7,14-17H2,1-3H3,(H,25,27)/t18-,20+/m1/s1. The van der Waals surface area contributed by atoms with Gasteiger partial charge >= 0.3 is 0 Å². The van der Waals surface area contributed by atoms with Gasteiger partial charge in [-0.15, -0.1) is 0 Å². The number of hydrogen-bond donors (Lipinski definition) is 1. The number of para-hydroxylation sites is 1. The third-order valence-electron chi connectivity index (χ3n) is 5.32.